The van der Waals surface area contributed by atoms with Crippen molar-refractivity contribution in [3.05, 3.63) is 138 Å². The maximum Gasteiger partial charge on any atom is 0.347 e. The van der Waals surface area contributed by atoms with Gasteiger partial charge in [0.2, 0.25) is 0 Å². The second-order valence-corrected chi connectivity index (χ2v) is 12.1. The molecule has 0 aliphatic rings. The summed E-state index contributed by atoms with van der Waals surface area (Å²) in [5, 5.41) is 0. The maximum absolute atomic E-state index is 12.9. The van der Waals surface area contributed by atoms with Crippen LogP contribution in [0.4, 0.5) is 0 Å². The maximum atomic E-state index is 12.9. The van der Waals surface area contributed by atoms with E-state index in [0.29, 0.717) is 57.3 Å². The molecule has 6 aromatic carbocycles. The van der Waals surface area contributed by atoms with Crippen LogP contribution < -0.4 is 47.4 Å². The number of carbonyl (C=O) groups is 3. The number of ether oxygens (including phenoxy) is 10. The van der Waals surface area contributed by atoms with Crippen LogP contribution in [-0.4, -0.2) is 60.6 Å². The Hall–Kier alpha value is -7.67. The smallest absolute Gasteiger partial charge is 0.347 e. The molecule has 0 aliphatic carbocycles. The van der Waals surface area contributed by atoms with E-state index in [1.807, 2.05) is 12.1 Å². The number of hydrogen-bond donors (Lipinski definition) is 0. The van der Waals surface area contributed by atoms with Gasteiger partial charge in [0.15, 0.2) is 34.5 Å². The Morgan fingerprint density at radius 3 is 1.05 bits per heavy atom. The van der Waals surface area contributed by atoms with E-state index in [0.717, 1.165) is 11.1 Å². The third-order valence-electron chi connectivity index (χ3n) is 8.68. The molecule has 58 heavy (non-hydrogen) atoms. The van der Waals surface area contributed by atoms with Crippen LogP contribution in [0.3, 0.4) is 0 Å². The average Bonchev–Trinajstić information content (AvgIpc) is 3.26. The average molecular weight is 787 g/mol. The molecular formula is C45H38O13. The van der Waals surface area contributed by atoms with Gasteiger partial charge < -0.3 is 47.4 Å². The highest BCUT2D eigenvalue weighted by Gasteiger charge is 2.21. The molecule has 0 heterocycles. The van der Waals surface area contributed by atoms with E-state index in [4.69, 9.17) is 47.4 Å². The summed E-state index contributed by atoms with van der Waals surface area (Å²) in [6, 6.07) is 32.7. The monoisotopic (exact) mass is 786 g/mol. The standard InChI is InChI=1S/C45H38O13/c1-49-36-24-38(51-3)37(50-2)23-35(36)45(48)58-34-21-13-30(14-22-34)44(47)57-33-17-9-28(10-18-33)27-7-15-32(16-8-27)56-43(46)29-11-19-31(20-12-29)55-42-26-40(53-5)39(52-4)25-41(42)54-6/h7-26H,1-6H3. The lowest BCUT2D eigenvalue weighted by molar-refractivity contribution is 0.0722. The molecule has 0 aliphatic heterocycles. The van der Waals surface area contributed by atoms with E-state index in [1.165, 1.54) is 79.1 Å². The van der Waals surface area contributed by atoms with E-state index in [-0.39, 0.29) is 22.6 Å². The molecule has 0 saturated carbocycles. The number of benzene rings is 6. The van der Waals surface area contributed by atoms with E-state index in [1.54, 1.807) is 72.8 Å². The number of carbonyl (C=O) groups excluding carboxylic acids is 3. The topological polar surface area (TPSA) is 144 Å². The van der Waals surface area contributed by atoms with Gasteiger partial charge in [0.05, 0.1) is 53.8 Å². The lowest BCUT2D eigenvalue weighted by Gasteiger charge is -2.14. The van der Waals surface area contributed by atoms with Crippen molar-refractivity contribution in [2.45, 2.75) is 0 Å². The largest absolute Gasteiger partial charge is 0.496 e. The van der Waals surface area contributed by atoms with E-state index >= 15 is 0 Å². The first-order valence-electron chi connectivity index (χ1n) is 17.5. The summed E-state index contributed by atoms with van der Waals surface area (Å²) in [4.78, 5) is 38.7. The predicted molar refractivity (Wildman–Crippen MR) is 212 cm³/mol. The van der Waals surface area contributed by atoms with Gasteiger partial charge in [0.25, 0.3) is 0 Å². The Bertz CT molecular complexity index is 2390. The van der Waals surface area contributed by atoms with Crippen LogP contribution in [-0.2, 0) is 0 Å². The van der Waals surface area contributed by atoms with Crippen LogP contribution in [0, 0.1) is 0 Å². The molecule has 13 heteroatoms. The number of esters is 3. The van der Waals surface area contributed by atoms with E-state index in [2.05, 4.69) is 0 Å². The van der Waals surface area contributed by atoms with Crippen LogP contribution >= 0.6 is 0 Å². The highest BCUT2D eigenvalue weighted by molar-refractivity contribution is 5.95. The molecule has 0 amide bonds. The van der Waals surface area contributed by atoms with Gasteiger partial charge >= 0.3 is 17.9 Å². The summed E-state index contributed by atoms with van der Waals surface area (Å²) in [5.41, 5.74) is 2.40. The molecule has 6 aromatic rings. The van der Waals surface area contributed by atoms with Crippen molar-refractivity contribution in [3.8, 4) is 74.4 Å². The summed E-state index contributed by atoms with van der Waals surface area (Å²) < 4.78 is 54.6. The summed E-state index contributed by atoms with van der Waals surface area (Å²) in [7, 11) is 8.92. The summed E-state index contributed by atoms with van der Waals surface area (Å²) >= 11 is 0. The van der Waals surface area contributed by atoms with E-state index in [9.17, 15) is 14.4 Å². The normalized spacial score (nSPS) is 10.4. The molecule has 0 atom stereocenters. The fraction of sp³-hybridized carbons (Fsp3) is 0.133. The molecular weight excluding hydrogens is 748 g/mol. The first-order chi connectivity index (χ1) is 28.2. The third-order valence-corrected chi connectivity index (χ3v) is 8.68. The molecule has 0 saturated heterocycles. The lowest BCUT2D eigenvalue weighted by atomic mass is 10.1. The van der Waals surface area contributed by atoms with E-state index < -0.39 is 17.9 Å². The predicted octanol–water partition coefficient (Wildman–Crippen LogP) is 8.86. The van der Waals surface area contributed by atoms with Crippen molar-refractivity contribution in [3.63, 3.8) is 0 Å². The zero-order valence-electron chi connectivity index (χ0n) is 32.4. The second kappa shape index (κ2) is 18.3. The minimum absolute atomic E-state index is 0.131. The fourth-order valence-electron chi connectivity index (χ4n) is 5.64. The highest BCUT2D eigenvalue weighted by Crippen LogP contribution is 2.41. The molecule has 6 rings (SSSR count). The van der Waals surface area contributed by atoms with Gasteiger partial charge in [-0.1, -0.05) is 24.3 Å². The SMILES string of the molecule is COc1cc(OC)c(Oc2ccc(C(=O)Oc3ccc(-c4ccc(OC(=O)c5ccc(OC(=O)c6cc(OC)c(OC)cc6OC)cc5)cc4)cc3)cc2)cc1OC. The van der Waals surface area contributed by atoms with Crippen molar-refractivity contribution < 1.29 is 61.8 Å². The molecule has 0 N–H and O–H groups in total. The fourth-order valence-corrected chi connectivity index (χ4v) is 5.64. The van der Waals surface area contributed by atoms with Crippen molar-refractivity contribution in [2.75, 3.05) is 42.7 Å². The van der Waals surface area contributed by atoms with Gasteiger partial charge in [-0.15, -0.1) is 0 Å². The molecule has 0 fully saturated rings. The van der Waals surface area contributed by atoms with Gasteiger partial charge in [0.1, 0.15) is 34.3 Å². The zero-order chi connectivity index (χ0) is 41.2. The number of hydrogen-bond acceptors (Lipinski definition) is 13. The Kier molecular flexibility index (Phi) is 12.6. The van der Waals surface area contributed by atoms with Crippen LogP contribution in [0.2, 0.25) is 0 Å². The van der Waals surface area contributed by atoms with Crippen LogP contribution in [0.25, 0.3) is 11.1 Å². The Balaban J connectivity index is 1.02. The van der Waals surface area contributed by atoms with Gasteiger partial charge in [-0.3, -0.25) is 0 Å². The lowest BCUT2D eigenvalue weighted by Crippen LogP contribution is -2.12. The Morgan fingerprint density at radius 2 is 0.638 bits per heavy atom. The van der Waals surface area contributed by atoms with Gasteiger partial charge in [0, 0.05) is 24.3 Å². The molecule has 0 radical (unpaired) electrons. The molecule has 0 unspecified atom stereocenters. The van der Waals surface area contributed by atoms with Gasteiger partial charge in [-0.05, 0) is 83.9 Å². The summed E-state index contributed by atoms with van der Waals surface area (Å²) in [6.07, 6.45) is 0. The zero-order valence-corrected chi connectivity index (χ0v) is 32.4. The van der Waals surface area contributed by atoms with Crippen LogP contribution in [0.15, 0.2) is 121 Å². The summed E-state index contributed by atoms with van der Waals surface area (Å²) in [6.45, 7) is 0. The second-order valence-electron chi connectivity index (χ2n) is 12.1. The van der Waals surface area contributed by atoms with Gasteiger partial charge in [-0.2, -0.15) is 0 Å². The third kappa shape index (κ3) is 9.23. The van der Waals surface area contributed by atoms with Crippen molar-refractivity contribution in [2.24, 2.45) is 0 Å². The molecule has 0 aromatic heterocycles. The minimum Gasteiger partial charge on any atom is -0.496 e. The van der Waals surface area contributed by atoms with Crippen LogP contribution in [0.1, 0.15) is 31.1 Å². The Morgan fingerprint density at radius 1 is 0.328 bits per heavy atom. The molecule has 296 valence electrons. The first kappa shape index (κ1) is 40.0. The van der Waals surface area contributed by atoms with Gasteiger partial charge in [-0.25, -0.2) is 14.4 Å². The minimum atomic E-state index is -0.688. The number of methoxy groups -OCH3 is 6. The molecule has 0 bridgehead atoms. The number of rotatable bonds is 15. The van der Waals surface area contributed by atoms with Crippen LogP contribution in [0.5, 0.6) is 63.2 Å². The molecule has 0 spiro atoms. The van der Waals surface area contributed by atoms with Crippen molar-refractivity contribution >= 4 is 17.9 Å². The summed E-state index contributed by atoms with van der Waals surface area (Å²) in [5.74, 6) is 2.33. The quantitative estimate of drug-likeness (QED) is 0.0723. The Labute approximate surface area is 334 Å². The van der Waals surface area contributed by atoms with Crippen molar-refractivity contribution in [1.29, 1.82) is 0 Å². The molecule has 13 nitrogen and oxygen atoms in total. The first-order valence-corrected chi connectivity index (χ1v) is 17.5. The van der Waals surface area contributed by atoms with Crippen molar-refractivity contribution in [1.82, 2.24) is 0 Å². The highest BCUT2D eigenvalue weighted by atomic mass is 16.6.